The second-order valence-corrected chi connectivity index (χ2v) is 15.9. The Morgan fingerprint density at radius 3 is 1.13 bits per heavy atom. The first-order chi connectivity index (χ1) is 21.0. The Balaban J connectivity index is 2.07. The number of benzene rings is 4. The molecule has 0 aromatic heterocycles. The van der Waals surface area contributed by atoms with Gasteiger partial charge in [-0.25, -0.2) is 33.7 Å². The summed E-state index contributed by atoms with van der Waals surface area (Å²) in [5.74, 6) is -2.79. The summed E-state index contributed by atoms with van der Waals surface area (Å²) in [5.41, 5.74) is -3.83. The molecular weight excluding hydrogens is 832 g/mol. The van der Waals surface area contributed by atoms with Gasteiger partial charge in [-0.15, -0.1) is 20.5 Å². The van der Waals surface area contributed by atoms with E-state index in [2.05, 4.69) is 52.3 Å². The first kappa shape index (κ1) is 35.4. The van der Waals surface area contributed by atoms with Crippen LogP contribution in [0.3, 0.4) is 0 Å². The van der Waals surface area contributed by atoms with Crippen LogP contribution in [-0.2, 0) is 40.5 Å². The highest BCUT2D eigenvalue weighted by Gasteiger charge is 2.25. The third kappa shape index (κ3) is 7.40. The van der Waals surface area contributed by atoms with Crippen LogP contribution in [-0.4, -0.2) is 62.1 Å². The number of fused-ring (bicyclic) bond motifs is 1. The normalized spacial score (nSPS) is 13.3. The minimum atomic E-state index is -5.63. The number of halogens is 2. The average Bonchev–Trinajstić information content (AvgIpc) is 2.90. The van der Waals surface area contributed by atoms with Crippen molar-refractivity contribution in [3.8, 4) is 11.5 Å². The van der Waals surface area contributed by atoms with Crippen LogP contribution in [0.15, 0.2) is 97.5 Å². The lowest BCUT2D eigenvalue weighted by molar-refractivity contribution is 0.452. The molecule has 0 amide bonds. The zero-order valence-corrected chi connectivity index (χ0v) is 28.0. The summed E-state index contributed by atoms with van der Waals surface area (Å²) >= 11 is 5.89. The predicted molar refractivity (Wildman–Crippen MR) is 156 cm³/mol. The molecule has 18 nitrogen and oxygen atoms in total. The Morgan fingerprint density at radius 1 is 0.500 bits per heavy atom. The fourth-order valence-electron chi connectivity index (χ4n) is 3.78. The molecule has 0 aliphatic carbocycles. The topological polar surface area (TPSA) is 319 Å². The number of phenolic OH excluding ortho intramolecular Hbond substituents is 2. The average molecular weight is 842 g/mol. The van der Waals surface area contributed by atoms with E-state index in [4.69, 9.17) is 0 Å². The number of hydrogen-bond donors (Lipinski definition) is 2. The highest BCUT2D eigenvalue weighted by Crippen LogP contribution is 2.50. The van der Waals surface area contributed by atoms with Gasteiger partial charge >= 0.3 is 0 Å². The van der Waals surface area contributed by atoms with Crippen LogP contribution >= 0.6 is 31.9 Å². The van der Waals surface area contributed by atoms with Gasteiger partial charge in [-0.05, 0) is 53.9 Å². The van der Waals surface area contributed by atoms with Gasteiger partial charge in [0, 0.05) is 8.95 Å². The number of phenols is 2. The molecule has 0 spiro atoms. The van der Waals surface area contributed by atoms with Crippen LogP contribution in [0.25, 0.3) is 10.8 Å². The molecule has 0 radical (unpaired) electrons. The third-order valence-corrected chi connectivity index (χ3v) is 10.1. The van der Waals surface area contributed by atoms with E-state index >= 15 is 0 Å². The van der Waals surface area contributed by atoms with Crippen LogP contribution in [0.1, 0.15) is 0 Å². The van der Waals surface area contributed by atoms with Crippen LogP contribution in [0.2, 0.25) is 0 Å². The fourth-order valence-corrected chi connectivity index (χ4v) is 7.37. The summed E-state index contributed by atoms with van der Waals surface area (Å²) in [4.78, 5) is -4.71. The largest absolute Gasteiger partial charge is 0.744 e. The van der Waals surface area contributed by atoms with Crippen LogP contribution in [0.5, 0.6) is 11.5 Å². The standard InChI is InChI=1S/C22H14Br2N4O14S4/c23-10-1-3-12(14(7-10)43(31,32)33)25-27-19-16(45(37,38)39)5-9-6-17(46(40,41)42)20(22(30)18(9)21(19)29)28-26-13-4-2-11(24)8-15(13)44(34,35)36/h1-8,29-30H,(H,31,32,33)(H,34,35,36)(H,37,38,39)(H,40,41,42)/p-4. The van der Waals surface area contributed by atoms with E-state index in [9.17, 15) is 62.1 Å². The zero-order valence-electron chi connectivity index (χ0n) is 21.6. The molecule has 0 aliphatic heterocycles. The van der Waals surface area contributed by atoms with Crippen molar-refractivity contribution in [1.82, 2.24) is 0 Å². The number of rotatable bonds is 8. The third-order valence-electron chi connectivity index (χ3n) is 5.69. The van der Waals surface area contributed by atoms with Gasteiger partial charge in [0.25, 0.3) is 0 Å². The van der Waals surface area contributed by atoms with Crippen molar-refractivity contribution in [3.63, 3.8) is 0 Å². The van der Waals surface area contributed by atoms with E-state index in [0.29, 0.717) is 12.1 Å². The molecule has 24 heteroatoms. The lowest BCUT2D eigenvalue weighted by Gasteiger charge is -2.17. The van der Waals surface area contributed by atoms with Gasteiger partial charge in [-0.1, -0.05) is 31.9 Å². The molecule has 46 heavy (non-hydrogen) atoms. The SMILES string of the molecule is O=S(=O)([O-])c1cc(Br)ccc1N=Nc1c(S(=O)(=O)[O-])cc2cc(S(=O)(=O)[O-])c(N=Nc3ccc(Br)cc3S(=O)(=O)[O-])c(O)c2c1O. The number of nitrogens with zero attached hydrogens (tertiary/aromatic N) is 4. The van der Waals surface area contributed by atoms with Gasteiger partial charge < -0.3 is 28.4 Å². The van der Waals surface area contributed by atoms with Crippen molar-refractivity contribution < 1.29 is 62.1 Å². The van der Waals surface area contributed by atoms with Crippen LogP contribution in [0.4, 0.5) is 22.7 Å². The summed E-state index contributed by atoms with van der Waals surface area (Å²) in [6, 6.07) is 6.74. The van der Waals surface area contributed by atoms with Gasteiger partial charge in [-0.2, -0.15) is 0 Å². The molecule has 4 aromatic rings. The van der Waals surface area contributed by atoms with E-state index in [1.807, 2.05) is 0 Å². The van der Waals surface area contributed by atoms with Gasteiger partial charge in [0.2, 0.25) is 0 Å². The second-order valence-electron chi connectivity index (χ2n) is 8.68. The number of azo groups is 2. The molecular formula is C22H10Br2N4O14S4-4. The molecule has 0 fully saturated rings. The second kappa shape index (κ2) is 12.3. The van der Waals surface area contributed by atoms with Gasteiger partial charge in [-0.3, -0.25) is 0 Å². The molecule has 4 rings (SSSR count). The fraction of sp³-hybridized carbons (Fsp3) is 0. The lowest BCUT2D eigenvalue weighted by Crippen LogP contribution is -2.02. The summed E-state index contributed by atoms with van der Waals surface area (Å²) < 4.78 is 143. The van der Waals surface area contributed by atoms with Crippen molar-refractivity contribution >= 4 is 106 Å². The molecule has 0 bridgehead atoms. The molecule has 0 saturated carbocycles. The van der Waals surface area contributed by atoms with Crippen LogP contribution < -0.4 is 0 Å². The quantitative estimate of drug-likeness (QED) is 0.185. The van der Waals surface area contributed by atoms with Crippen molar-refractivity contribution in [1.29, 1.82) is 0 Å². The van der Waals surface area contributed by atoms with Gasteiger partial charge in [0.05, 0.1) is 25.0 Å². The Morgan fingerprint density at radius 2 is 0.826 bits per heavy atom. The molecule has 4 aromatic carbocycles. The lowest BCUT2D eigenvalue weighted by atomic mass is 10.1. The Bertz CT molecular complexity index is 2300. The maximum Gasteiger partial charge on any atom is 0.156 e. The van der Waals surface area contributed by atoms with E-state index in [1.165, 1.54) is 12.1 Å². The highest BCUT2D eigenvalue weighted by molar-refractivity contribution is 9.10. The minimum absolute atomic E-state index is 0.108. The van der Waals surface area contributed by atoms with Crippen molar-refractivity contribution in [2.75, 3.05) is 0 Å². The smallest absolute Gasteiger partial charge is 0.156 e. The van der Waals surface area contributed by atoms with E-state index in [1.54, 1.807) is 0 Å². The summed E-state index contributed by atoms with van der Waals surface area (Å²) in [6.45, 7) is 0. The number of hydrogen-bond acceptors (Lipinski definition) is 18. The summed E-state index contributed by atoms with van der Waals surface area (Å²) in [7, 11) is -21.7. The summed E-state index contributed by atoms with van der Waals surface area (Å²) in [5, 5.41) is 34.0. The molecule has 0 heterocycles. The van der Waals surface area contributed by atoms with Gasteiger partial charge in [0.15, 0.2) is 11.5 Å². The molecule has 244 valence electrons. The molecule has 0 saturated heterocycles. The zero-order chi connectivity index (χ0) is 34.6. The predicted octanol–water partition coefficient (Wildman–Crippen LogP) is 4.22. The Labute approximate surface area is 275 Å². The molecule has 0 unspecified atom stereocenters. The van der Waals surface area contributed by atoms with E-state index in [0.717, 1.165) is 24.3 Å². The Hall–Kier alpha value is -3.46. The maximum atomic E-state index is 12.1. The molecule has 0 atom stereocenters. The van der Waals surface area contributed by atoms with Gasteiger partial charge in [0.1, 0.15) is 63.2 Å². The monoisotopic (exact) mass is 840 g/mol. The first-order valence-electron chi connectivity index (χ1n) is 11.3. The maximum absolute atomic E-state index is 12.1. The highest BCUT2D eigenvalue weighted by atomic mass is 79.9. The van der Waals surface area contributed by atoms with Crippen molar-refractivity contribution in [3.05, 3.63) is 57.5 Å². The molecule has 2 N–H and O–H groups in total. The number of aromatic hydroxyl groups is 2. The van der Waals surface area contributed by atoms with Crippen molar-refractivity contribution in [2.24, 2.45) is 20.5 Å². The van der Waals surface area contributed by atoms with E-state index < -0.39 is 105 Å². The van der Waals surface area contributed by atoms with Crippen molar-refractivity contribution in [2.45, 2.75) is 19.6 Å². The summed E-state index contributed by atoms with van der Waals surface area (Å²) in [6.07, 6.45) is 0. The van der Waals surface area contributed by atoms with Crippen LogP contribution in [0, 0.1) is 0 Å². The minimum Gasteiger partial charge on any atom is -0.744 e. The molecule has 0 aliphatic rings. The Kier molecular flexibility index (Phi) is 9.45. The first-order valence-corrected chi connectivity index (χ1v) is 18.5. The van der Waals surface area contributed by atoms with E-state index in [-0.39, 0.29) is 8.95 Å².